The zero-order valence-electron chi connectivity index (χ0n) is 62.7. The number of aliphatic hydroxyl groups excluding tert-OH is 1. The van der Waals surface area contributed by atoms with Crippen molar-refractivity contribution in [2.45, 2.75) is 277 Å². The van der Waals surface area contributed by atoms with Gasteiger partial charge in [-0.2, -0.15) is 0 Å². The molecule has 0 radical (unpaired) electrons. The quantitative estimate of drug-likeness (QED) is 0.0169. The molecule has 0 amide bonds. The highest BCUT2D eigenvalue weighted by atomic mass is 31.2. The highest BCUT2D eigenvalue weighted by Crippen LogP contribution is 2.45. The molecule has 0 saturated heterocycles. The predicted molar refractivity (Wildman–Crippen MR) is 417 cm³/mol. The van der Waals surface area contributed by atoms with Crippen LogP contribution in [-0.4, -0.2) is 96.7 Å². The number of phosphoric acid groups is 2. The van der Waals surface area contributed by atoms with Gasteiger partial charge in [-0.1, -0.05) is 268 Å². The van der Waals surface area contributed by atoms with Crippen molar-refractivity contribution in [3.63, 3.8) is 0 Å². The van der Waals surface area contributed by atoms with E-state index in [0.29, 0.717) is 32.1 Å². The maximum absolute atomic E-state index is 13.1. The van der Waals surface area contributed by atoms with Crippen LogP contribution in [0.15, 0.2) is 182 Å². The molecule has 0 bridgehead atoms. The molecule has 0 aromatic heterocycles. The van der Waals surface area contributed by atoms with Crippen LogP contribution in [0.25, 0.3) is 0 Å². The number of esters is 4. The minimum Gasteiger partial charge on any atom is -0.462 e. The lowest BCUT2D eigenvalue weighted by Gasteiger charge is -2.21. The fourth-order valence-corrected chi connectivity index (χ4v) is 10.7. The molecule has 0 aromatic carbocycles. The van der Waals surface area contributed by atoms with E-state index in [1.807, 2.05) is 36.5 Å². The first-order chi connectivity index (χ1) is 49.7. The van der Waals surface area contributed by atoms with Crippen LogP contribution >= 0.6 is 15.6 Å². The summed E-state index contributed by atoms with van der Waals surface area (Å²) < 4.78 is 68.2. The third kappa shape index (κ3) is 72.5. The molecule has 0 rings (SSSR count). The minimum absolute atomic E-state index is 0.0243. The molecule has 0 saturated carbocycles. The molecule has 0 heterocycles. The fraction of sp³-hybridized carbons (Fsp3) is 0.590. The van der Waals surface area contributed by atoms with Gasteiger partial charge in [0.05, 0.1) is 32.8 Å². The van der Waals surface area contributed by atoms with E-state index in [1.54, 1.807) is 6.08 Å². The number of phosphoric ester groups is 2. The predicted octanol–water partition coefficient (Wildman–Crippen LogP) is 22.0. The summed E-state index contributed by atoms with van der Waals surface area (Å²) in [5.74, 6) is -2.47. The van der Waals surface area contributed by atoms with Gasteiger partial charge in [0, 0.05) is 19.3 Å². The van der Waals surface area contributed by atoms with Gasteiger partial charge in [0.15, 0.2) is 12.2 Å². The molecule has 0 aliphatic rings. The largest absolute Gasteiger partial charge is 0.472 e. The second-order valence-electron chi connectivity index (χ2n) is 24.5. The molecule has 17 nitrogen and oxygen atoms in total. The monoisotopic (exact) mass is 1460 g/mol. The van der Waals surface area contributed by atoms with Crippen LogP contribution in [0.5, 0.6) is 0 Å². The highest BCUT2D eigenvalue weighted by Gasteiger charge is 2.30. The van der Waals surface area contributed by atoms with Gasteiger partial charge < -0.3 is 33.8 Å². The second-order valence-corrected chi connectivity index (χ2v) is 27.4. The number of ether oxygens (including phenoxy) is 4. The van der Waals surface area contributed by atoms with Crippen LogP contribution in [0, 0.1) is 0 Å². The van der Waals surface area contributed by atoms with Gasteiger partial charge in [0.2, 0.25) is 0 Å². The van der Waals surface area contributed by atoms with Gasteiger partial charge in [-0.3, -0.25) is 37.3 Å². The third-order valence-electron chi connectivity index (χ3n) is 14.9. The van der Waals surface area contributed by atoms with Gasteiger partial charge in [-0.25, -0.2) is 9.13 Å². The van der Waals surface area contributed by atoms with E-state index in [4.69, 9.17) is 37.0 Å². The number of rotatable bonds is 69. The first-order valence-corrected chi connectivity index (χ1v) is 41.0. The molecule has 5 unspecified atom stereocenters. The van der Waals surface area contributed by atoms with Crippen molar-refractivity contribution in [1.29, 1.82) is 0 Å². The van der Waals surface area contributed by atoms with Crippen LogP contribution in [0.1, 0.15) is 259 Å². The molecule has 0 spiro atoms. The van der Waals surface area contributed by atoms with Crippen molar-refractivity contribution < 1.29 is 80.2 Å². The Morgan fingerprint density at radius 2 is 0.588 bits per heavy atom. The van der Waals surface area contributed by atoms with E-state index in [0.717, 1.165) is 154 Å². The molecule has 102 heavy (non-hydrogen) atoms. The fourth-order valence-electron chi connectivity index (χ4n) is 9.15. The maximum atomic E-state index is 13.1. The van der Waals surface area contributed by atoms with Crippen LogP contribution < -0.4 is 0 Å². The van der Waals surface area contributed by atoms with Crippen LogP contribution in [0.2, 0.25) is 0 Å². The van der Waals surface area contributed by atoms with Crippen molar-refractivity contribution in [2.24, 2.45) is 0 Å². The van der Waals surface area contributed by atoms with Gasteiger partial charge >= 0.3 is 39.5 Å². The first kappa shape index (κ1) is 96.2. The van der Waals surface area contributed by atoms with E-state index in [-0.39, 0.29) is 25.7 Å². The number of hydrogen-bond acceptors (Lipinski definition) is 15. The van der Waals surface area contributed by atoms with E-state index < -0.39 is 97.5 Å². The number of aliphatic hydroxyl groups is 1. The summed E-state index contributed by atoms with van der Waals surface area (Å²) in [5, 5.41) is 10.6. The lowest BCUT2D eigenvalue weighted by Crippen LogP contribution is -2.30. The summed E-state index contributed by atoms with van der Waals surface area (Å²) in [4.78, 5) is 72.8. The number of carbonyl (C=O) groups excluding carboxylic acids is 4. The first-order valence-electron chi connectivity index (χ1n) is 38.0. The molecule has 5 atom stereocenters. The summed E-state index contributed by atoms with van der Waals surface area (Å²) in [5.41, 5.74) is 0. The van der Waals surface area contributed by atoms with E-state index >= 15 is 0 Å². The maximum Gasteiger partial charge on any atom is 0.472 e. The number of allylic oxidation sites excluding steroid dienone is 29. The van der Waals surface area contributed by atoms with Gasteiger partial charge in [0.1, 0.15) is 19.3 Å². The lowest BCUT2D eigenvalue weighted by atomic mass is 10.1. The molecule has 0 fully saturated rings. The average molecular weight is 1460 g/mol. The topological polar surface area (TPSA) is 237 Å². The molecule has 0 aliphatic heterocycles. The zero-order valence-corrected chi connectivity index (χ0v) is 64.5. The number of unbranched alkanes of at least 4 members (excludes halogenated alkanes) is 14. The number of hydrogen-bond donors (Lipinski definition) is 3. The van der Waals surface area contributed by atoms with Crippen LogP contribution in [-0.2, 0) is 65.4 Å². The van der Waals surface area contributed by atoms with Crippen molar-refractivity contribution >= 4 is 39.5 Å². The van der Waals surface area contributed by atoms with Crippen molar-refractivity contribution in [3.05, 3.63) is 182 Å². The molecular formula is C83H132O17P2. The van der Waals surface area contributed by atoms with Crippen LogP contribution in [0.3, 0.4) is 0 Å². The Morgan fingerprint density at radius 1 is 0.294 bits per heavy atom. The van der Waals surface area contributed by atoms with Gasteiger partial charge in [-0.05, 0) is 148 Å². The summed E-state index contributed by atoms with van der Waals surface area (Å²) in [6, 6.07) is 0. The summed E-state index contributed by atoms with van der Waals surface area (Å²) in [6.45, 7) is 4.28. The Morgan fingerprint density at radius 3 is 0.951 bits per heavy atom. The minimum atomic E-state index is -5.01. The summed E-state index contributed by atoms with van der Waals surface area (Å²) >= 11 is 0. The Labute approximate surface area is 615 Å². The van der Waals surface area contributed by atoms with E-state index in [1.165, 1.54) is 19.3 Å². The Bertz CT molecular complexity index is 2650. The zero-order chi connectivity index (χ0) is 74.6. The Kier molecular flexibility index (Phi) is 69.3. The Balaban J connectivity index is 5.51. The van der Waals surface area contributed by atoms with Gasteiger partial charge in [-0.15, -0.1) is 0 Å². The van der Waals surface area contributed by atoms with Crippen molar-refractivity contribution in [1.82, 2.24) is 0 Å². The molecule has 19 heteroatoms. The summed E-state index contributed by atoms with van der Waals surface area (Å²) in [7, 11) is -10.0. The second kappa shape index (κ2) is 73.5. The van der Waals surface area contributed by atoms with Gasteiger partial charge in [0.25, 0.3) is 0 Å². The SMILES string of the molecule is CC/C=C\C/C=C\C/C=C\C/C=C\C/C=C\C/C=C\CCC(=O)OCC(COP(=O)(O)OCC(O)COP(=O)(O)OCC(COC(=O)C/C=C\C/C=C\C/C=C\C/C=C\C/C=C\CC)OC(=O)CCCCCCC/C=C\C/C=C\CCCCC)OC(=O)CCCCCCC/C=C\C/C=C\CCC. The molecule has 0 aliphatic carbocycles. The van der Waals surface area contributed by atoms with Crippen molar-refractivity contribution in [3.8, 4) is 0 Å². The smallest absolute Gasteiger partial charge is 0.462 e. The van der Waals surface area contributed by atoms with Crippen LogP contribution in [0.4, 0.5) is 0 Å². The number of carbonyl (C=O) groups is 4. The average Bonchev–Trinajstić information content (AvgIpc) is 0.908. The molecule has 0 aromatic rings. The summed E-state index contributed by atoms with van der Waals surface area (Å²) in [6.07, 6.45) is 87.9. The highest BCUT2D eigenvalue weighted by molar-refractivity contribution is 7.47. The van der Waals surface area contributed by atoms with E-state index in [2.05, 4.69) is 167 Å². The normalized spacial score (nSPS) is 14.9. The standard InChI is InChI=1S/C83H132O17P2/c1-5-9-13-17-21-25-29-33-36-37-38-39-42-45-48-52-56-60-64-68-81(86)94-73-78(99-82(87)69-65-61-57-53-49-43-32-28-24-20-16-12-8-4)75-97-101(89,90)95-71-77(84)72-96-102(91,92)98-76-79(100-83(88)70-66-62-58-54-50-46-41-35-31-27-23-19-15-11-7-3)74-93-80(85)67-63-59-55-51-47-44-40-34-30-26-22-18-14-10-6-2/h9-10,13-14,16,20-23,25-28,32-36,38-41,45,47-48,51,56,59-60,63,77-79,84H,5-8,11-12,15,17-19,24,29-31,37,42-44,46,49-50,52-55,57-58,61-62,64-76H2,1-4H3,(H,89,90)(H,91,92)/b13-9-,14-10-,20-16-,25-21-,26-22-,27-23-,32-28-,36-33-,39-38-,40-34-,41-35-,48-45-,51-47-,60-56-,63-59-. The molecular weight excluding hydrogens is 1330 g/mol. The lowest BCUT2D eigenvalue weighted by molar-refractivity contribution is -0.161. The van der Waals surface area contributed by atoms with E-state index in [9.17, 15) is 43.2 Å². The third-order valence-corrected chi connectivity index (χ3v) is 16.8. The van der Waals surface area contributed by atoms with Crippen molar-refractivity contribution in [2.75, 3.05) is 39.6 Å². The Hall–Kier alpha value is -5.84. The molecule has 576 valence electrons. The molecule has 3 N–H and O–H groups in total.